The van der Waals surface area contributed by atoms with Crippen LogP contribution < -0.4 is 10.1 Å². The van der Waals surface area contributed by atoms with Gasteiger partial charge >= 0.3 is 0 Å². The lowest BCUT2D eigenvalue weighted by Gasteiger charge is -2.15. The van der Waals surface area contributed by atoms with E-state index in [1.54, 1.807) is 6.07 Å². The average molecular weight is 354 g/mol. The van der Waals surface area contributed by atoms with Crippen molar-refractivity contribution in [3.05, 3.63) is 58.3 Å². The Morgan fingerprint density at radius 3 is 2.71 bits per heavy atom. The van der Waals surface area contributed by atoms with Crippen molar-refractivity contribution in [1.82, 2.24) is 0 Å². The SMILES string of the molecule is Cc1cc(Br)c(F)cc1NCC(O)COc1ccccc1. The van der Waals surface area contributed by atoms with Gasteiger partial charge in [-0.3, -0.25) is 0 Å². The molecule has 21 heavy (non-hydrogen) atoms. The number of hydrogen-bond acceptors (Lipinski definition) is 3. The predicted octanol–water partition coefficient (Wildman–Crippen LogP) is 3.75. The number of aliphatic hydroxyl groups excluding tert-OH is 1. The number of halogens is 2. The first kappa shape index (κ1) is 15.8. The highest BCUT2D eigenvalue weighted by Crippen LogP contribution is 2.23. The van der Waals surface area contributed by atoms with Gasteiger partial charge < -0.3 is 15.2 Å². The van der Waals surface area contributed by atoms with Crippen LogP contribution in [0.25, 0.3) is 0 Å². The molecule has 0 aliphatic rings. The summed E-state index contributed by atoms with van der Waals surface area (Å²) in [5, 5.41) is 12.9. The smallest absolute Gasteiger partial charge is 0.139 e. The van der Waals surface area contributed by atoms with Crippen molar-refractivity contribution in [3.63, 3.8) is 0 Å². The fraction of sp³-hybridized carbons (Fsp3) is 0.250. The van der Waals surface area contributed by atoms with E-state index in [4.69, 9.17) is 4.74 Å². The van der Waals surface area contributed by atoms with Gasteiger partial charge in [0.15, 0.2) is 0 Å². The van der Waals surface area contributed by atoms with Crippen LogP contribution >= 0.6 is 15.9 Å². The summed E-state index contributed by atoms with van der Waals surface area (Å²) in [7, 11) is 0. The zero-order valence-electron chi connectivity index (χ0n) is 11.6. The van der Waals surface area contributed by atoms with E-state index in [0.29, 0.717) is 15.9 Å². The van der Waals surface area contributed by atoms with E-state index in [9.17, 15) is 9.50 Å². The highest BCUT2D eigenvalue weighted by Gasteiger charge is 2.08. The predicted molar refractivity (Wildman–Crippen MR) is 85.3 cm³/mol. The Labute approximate surface area is 131 Å². The Balaban J connectivity index is 1.84. The first-order valence-corrected chi connectivity index (χ1v) is 7.41. The van der Waals surface area contributed by atoms with Gasteiger partial charge in [0.25, 0.3) is 0 Å². The van der Waals surface area contributed by atoms with Crippen LogP contribution in [0.3, 0.4) is 0 Å². The Kier molecular flexibility index (Phi) is 5.59. The third-order valence-corrected chi connectivity index (χ3v) is 3.59. The van der Waals surface area contributed by atoms with Crippen LogP contribution in [0.1, 0.15) is 5.56 Å². The van der Waals surface area contributed by atoms with Crippen LogP contribution in [-0.4, -0.2) is 24.4 Å². The van der Waals surface area contributed by atoms with Crippen molar-refractivity contribution >= 4 is 21.6 Å². The average Bonchev–Trinajstić information content (AvgIpc) is 2.48. The highest BCUT2D eigenvalue weighted by atomic mass is 79.9. The third kappa shape index (κ3) is 4.72. The molecule has 112 valence electrons. The van der Waals surface area contributed by atoms with Crippen LogP contribution in [0.15, 0.2) is 46.9 Å². The summed E-state index contributed by atoms with van der Waals surface area (Å²) in [6.45, 7) is 2.34. The lowest BCUT2D eigenvalue weighted by molar-refractivity contribution is 0.117. The van der Waals surface area contributed by atoms with Crippen molar-refractivity contribution in [2.75, 3.05) is 18.5 Å². The maximum atomic E-state index is 13.5. The van der Waals surface area contributed by atoms with Gasteiger partial charge in [-0.2, -0.15) is 0 Å². The van der Waals surface area contributed by atoms with Crippen molar-refractivity contribution in [2.45, 2.75) is 13.0 Å². The first-order valence-electron chi connectivity index (χ1n) is 6.61. The third-order valence-electron chi connectivity index (χ3n) is 2.98. The Hall–Kier alpha value is -1.59. The van der Waals surface area contributed by atoms with Crippen molar-refractivity contribution in [1.29, 1.82) is 0 Å². The zero-order chi connectivity index (χ0) is 15.2. The van der Waals surface area contributed by atoms with Crippen molar-refractivity contribution < 1.29 is 14.2 Å². The first-order chi connectivity index (χ1) is 10.1. The van der Waals surface area contributed by atoms with Gasteiger partial charge in [0.1, 0.15) is 24.3 Å². The van der Waals surface area contributed by atoms with Crippen LogP contribution in [0.5, 0.6) is 5.75 Å². The molecular formula is C16H17BrFNO2. The normalized spacial score (nSPS) is 12.0. The molecule has 2 rings (SSSR count). The Morgan fingerprint density at radius 2 is 2.00 bits per heavy atom. The molecule has 0 aliphatic carbocycles. The monoisotopic (exact) mass is 353 g/mol. The molecule has 0 bridgehead atoms. The second-order valence-electron chi connectivity index (χ2n) is 4.74. The second kappa shape index (κ2) is 7.43. The maximum Gasteiger partial charge on any atom is 0.139 e. The molecule has 2 N–H and O–H groups in total. The van der Waals surface area contributed by atoms with E-state index in [2.05, 4.69) is 21.2 Å². The summed E-state index contributed by atoms with van der Waals surface area (Å²) in [6.07, 6.45) is -0.684. The molecule has 0 radical (unpaired) electrons. The van der Waals surface area contributed by atoms with Gasteiger partial charge in [-0.1, -0.05) is 18.2 Å². The number of ether oxygens (including phenoxy) is 1. The van der Waals surface area contributed by atoms with E-state index in [1.165, 1.54) is 6.07 Å². The van der Waals surface area contributed by atoms with E-state index in [-0.39, 0.29) is 19.0 Å². The molecule has 0 aromatic heterocycles. The van der Waals surface area contributed by atoms with Crippen LogP contribution in [0, 0.1) is 12.7 Å². The number of rotatable bonds is 6. The number of anilines is 1. The zero-order valence-corrected chi connectivity index (χ0v) is 13.2. The molecule has 2 aromatic rings. The molecule has 5 heteroatoms. The minimum absolute atomic E-state index is 0.176. The van der Waals surface area contributed by atoms with Crippen molar-refractivity contribution in [2.24, 2.45) is 0 Å². The molecular weight excluding hydrogens is 337 g/mol. The number of nitrogens with one attached hydrogen (secondary N) is 1. The van der Waals surface area contributed by atoms with Crippen LogP contribution in [0.2, 0.25) is 0 Å². The largest absolute Gasteiger partial charge is 0.491 e. The van der Waals surface area contributed by atoms with Gasteiger partial charge in [0, 0.05) is 12.2 Å². The molecule has 0 fully saturated rings. The van der Waals surface area contributed by atoms with Crippen LogP contribution in [-0.2, 0) is 0 Å². The molecule has 1 unspecified atom stereocenters. The lowest BCUT2D eigenvalue weighted by Crippen LogP contribution is -2.26. The topological polar surface area (TPSA) is 41.5 Å². The minimum atomic E-state index is -0.684. The fourth-order valence-electron chi connectivity index (χ4n) is 1.83. The van der Waals surface area contributed by atoms with Crippen LogP contribution in [0.4, 0.5) is 10.1 Å². The van der Waals surface area contributed by atoms with Gasteiger partial charge in [-0.15, -0.1) is 0 Å². The number of aryl methyl sites for hydroxylation is 1. The van der Waals surface area contributed by atoms with Gasteiger partial charge in [0.2, 0.25) is 0 Å². The molecule has 2 aromatic carbocycles. The summed E-state index contributed by atoms with van der Waals surface area (Å²) in [6, 6.07) is 12.4. The molecule has 0 amide bonds. The Bertz CT molecular complexity index is 592. The summed E-state index contributed by atoms with van der Waals surface area (Å²) in [5.74, 6) is 0.376. The lowest BCUT2D eigenvalue weighted by atomic mass is 10.2. The number of hydrogen-bond donors (Lipinski definition) is 2. The maximum absolute atomic E-state index is 13.5. The summed E-state index contributed by atoms with van der Waals surface area (Å²) in [4.78, 5) is 0. The summed E-state index contributed by atoms with van der Waals surface area (Å²) < 4.78 is 19.4. The van der Waals surface area contributed by atoms with Crippen molar-refractivity contribution in [3.8, 4) is 5.75 Å². The molecule has 0 heterocycles. The van der Waals surface area contributed by atoms with Gasteiger partial charge in [-0.05, 0) is 52.7 Å². The van der Waals surface area contributed by atoms with E-state index in [1.807, 2.05) is 37.3 Å². The highest BCUT2D eigenvalue weighted by molar-refractivity contribution is 9.10. The summed E-state index contributed by atoms with van der Waals surface area (Å²) in [5.41, 5.74) is 1.56. The number of aliphatic hydroxyl groups is 1. The molecule has 1 atom stereocenters. The minimum Gasteiger partial charge on any atom is -0.491 e. The van der Waals surface area contributed by atoms with E-state index >= 15 is 0 Å². The second-order valence-corrected chi connectivity index (χ2v) is 5.59. The number of para-hydroxylation sites is 1. The van der Waals surface area contributed by atoms with Gasteiger partial charge in [0.05, 0.1) is 4.47 Å². The van der Waals surface area contributed by atoms with E-state index in [0.717, 1.165) is 5.56 Å². The van der Waals surface area contributed by atoms with E-state index < -0.39 is 6.10 Å². The molecule has 3 nitrogen and oxygen atoms in total. The van der Waals surface area contributed by atoms with Gasteiger partial charge in [-0.25, -0.2) is 4.39 Å². The summed E-state index contributed by atoms with van der Waals surface area (Å²) >= 11 is 3.14. The molecule has 0 saturated carbocycles. The molecule has 0 spiro atoms. The fourth-order valence-corrected chi connectivity index (χ4v) is 2.29. The Morgan fingerprint density at radius 1 is 1.29 bits per heavy atom. The standard InChI is InChI=1S/C16H17BrFNO2/c1-11-7-14(17)15(18)8-16(11)19-9-12(20)10-21-13-5-3-2-4-6-13/h2-8,12,19-20H,9-10H2,1H3. The number of benzene rings is 2. The molecule has 0 aliphatic heterocycles. The molecule has 0 saturated heterocycles. The quantitative estimate of drug-likeness (QED) is 0.830.